The zero-order valence-electron chi connectivity index (χ0n) is 35.3. The van der Waals surface area contributed by atoms with Crippen LogP contribution in [-0.4, -0.2) is 158 Å². The fourth-order valence-electron chi connectivity index (χ4n) is 5.09. The normalized spacial score (nSPS) is 15.3. The maximum Gasteiger partial charge on any atom is 0.325 e. The Balaban J connectivity index is 6.05. The molecule has 15 N–H and O–H groups in total. The van der Waals surface area contributed by atoms with Gasteiger partial charge in [0, 0.05) is 12.8 Å². The van der Waals surface area contributed by atoms with Gasteiger partial charge in [-0.15, -0.1) is 0 Å². The molecule has 350 valence electrons. The molecule has 9 atom stereocenters. The van der Waals surface area contributed by atoms with Crippen LogP contribution in [0.2, 0.25) is 0 Å². The molecular formula is C36H59N9O17. The molecule has 0 unspecified atom stereocenters. The molecule has 0 heterocycles. The van der Waals surface area contributed by atoms with Crippen molar-refractivity contribution in [2.75, 3.05) is 6.61 Å². The van der Waals surface area contributed by atoms with Gasteiger partial charge in [0.25, 0.3) is 0 Å². The molecule has 0 rings (SSSR count). The molecule has 0 saturated heterocycles. The molecular weight excluding hydrogens is 830 g/mol. The van der Waals surface area contributed by atoms with Gasteiger partial charge in [-0.3, -0.25) is 57.5 Å². The monoisotopic (exact) mass is 889 g/mol. The van der Waals surface area contributed by atoms with Gasteiger partial charge in [0.1, 0.15) is 48.3 Å². The van der Waals surface area contributed by atoms with Crippen LogP contribution in [0.25, 0.3) is 0 Å². The third-order valence-electron chi connectivity index (χ3n) is 8.84. The number of aliphatic hydroxyl groups is 1. The van der Waals surface area contributed by atoms with E-state index in [4.69, 9.17) is 15.9 Å². The van der Waals surface area contributed by atoms with Crippen LogP contribution in [0.3, 0.4) is 0 Å². The fourth-order valence-corrected chi connectivity index (χ4v) is 5.09. The number of hydrogen-bond acceptors (Lipinski definition) is 14. The highest BCUT2D eigenvalue weighted by Crippen LogP contribution is 2.08. The molecule has 0 aromatic carbocycles. The Morgan fingerprint density at radius 1 is 0.419 bits per heavy atom. The van der Waals surface area contributed by atoms with E-state index in [0.29, 0.717) is 0 Å². The largest absolute Gasteiger partial charge is 0.481 e. The number of hydrogen-bond donors (Lipinski definition) is 14. The first-order valence-electron chi connectivity index (χ1n) is 19.3. The van der Waals surface area contributed by atoms with Crippen molar-refractivity contribution in [2.45, 2.75) is 135 Å². The summed E-state index contributed by atoms with van der Waals surface area (Å²) < 4.78 is 0. The zero-order chi connectivity index (χ0) is 48.2. The number of nitrogens with one attached hydrogen (secondary N) is 8. The highest BCUT2D eigenvalue weighted by molar-refractivity contribution is 5.99. The number of nitrogens with two attached hydrogens (primary N) is 1. The molecule has 8 amide bonds. The quantitative estimate of drug-likeness (QED) is 0.0349. The number of aliphatic carboxylic acids is 4. The van der Waals surface area contributed by atoms with E-state index in [1.54, 1.807) is 0 Å². The minimum absolute atomic E-state index is 0.303. The summed E-state index contributed by atoms with van der Waals surface area (Å²) >= 11 is 0. The lowest BCUT2D eigenvalue weighted by atomic mass is 10.0. The van der Waals surface area contributed by atoms with Crippen LogP contribution in [0.5, 0.6) is 0 Å². The van der Waals surface area contributed by atoms with Crippen LogP contribution < -0.4 is 48.3 Å². The van der Waals surface area contributed by atoms with Crippen molar-refractivity contribution in [3.63, 3.8) is 0 Å². The topological polar surface area (TPSA) is 428 Å². The Morgan fingerprint density at radius 3 is 1.24 bits per heavy atom. The minimum atomic E-state index is -1.94. The second kappa shape index (κ2) is 26.7. The second-order valence-electron chi connectivity index (χ2n) is 14.9. The third-order valence-corrected chi connectivity index (χ3v) is 8.84. The lowest BCUT2D eigenvalue weighted by molar-refractivity contribution is -0.142. The summed E-state index contributed by atoms with van der Waals surface area (Å²) in [5, 5.41) is 64.3. The molecule has 0 aromatic rings. The number of rotatable bonds is 28. The summed E-state index contributed by atoms with van der Waals surface area (Å²) in [5.74, 6) is -15.3. The van der Waals surface area contributed by atoms with Gasteiger partial charge in [-0.1, -0.05) is 27.7 Å². The van der Waals surface area contributed by atoms with Crippen molar-refractivity contribution in [1.82, 2.24) is 42.5 Å². The van der Waals surface area contributed by atoms with Crippen LogP contribution in [0.15, 0.2) is 0 Å². The van der Waals surface area contributed by atoms with Crippen molar-refractivity contribution >= 4 is 71.1 Å². The van der Waals surface area contributed by atoms with Gasteiger partial charge in [0.05, 0.1) is 19.1 Å². The maximum absolute atomic E-state index is 13.5. The minimum Gasteiger partial charge on any atom is -0.481 e. The predicted molar refractivity (Wildman–Crippen MR) is 211 cm³/mol. The Hall–Kier alpha value is -6.44. The summed E-state index contributed by atoms with van der Waals surface area (Å²) in [6, 6.07) is -13.6. The molecule has 0 aliphatic rings. The summed E-state index contributed by atoms with van der Waals surface area (Å²) in [7, 11) is 0. The van der Waals surface area contributed by atoms with Crippen molar-refractivity contribution in [2.24, 2.45) is 17.6 Å². The molecule has 0 aliphatic carbocycles. The van der Waals surface area contributed by atoms with Crippen LogP contribution in [0.4, 0.5) is 0 Å². The number of carbonyl (C=O) groups excluding carboxylic acids is 8. The molecule has 0 saturated carbocycles. The molecule has 26 heteroatoms. The van der Waals surface area contributed by atoms with E-state index in [1.807, 2.05) is 0 Å². The van der Waals surface area contributed by atoms with Crippen molar-refractivity contribution in [3.05, 3.63) is 0 Å². The van der Waals surface area contributed by atoms with Gasteiger partial charge in [-0.25, -0.2) is 0 Å². The first-order chi connectivity index (χ1) is 28.6. The van der Waals surface area contributed by atoms with E-state index in [0.717, 1.165) is 6.92 Å². The summed E-state index contributed by atoms with van der Waals surface area (Å²) in [6.45, 7) is 8.62. The van der Waals surface area contributed by atoms with Crippen LogP contribution in [-0.2, 0) is 57.5 Å². The van der Waals surface area contributed by atoms with E-state index in [2.05, 4.69) is 42.5 Å². The van der Waals surface area contributed by atoms with Crippen molar-refractivity contribution in [3.8, 4) is 0 Å². The summed E-state index contributed by atoms with van der Waals surface area (Å²) in [4.78, 5) is 149. The number of carboxylic acids is 4. The van der Waals surface area contributed by atoms with Gasteiger partial charge < -0.3 is 73.8 Å². The molecule has 0 radical (unpaired) electrons. The third kappa shape index (κ3) is 20.2. The van der Waals surface area contributed by atoms with E-state index in [-0.39, 0.29) is 6.42 Å². The second-order valence-corrected chi connectivity index (χ2v) is 14.9. The average Bonchev–Trinajstić information content (AvgIpc) is 3.16. The lowest BCUT2D eigenvalue weighted by Gasteiger charge is -2.28. The average molecular weight is 890 g/mol. The van der Waals surface area contributed by atoms with Crippen molar-refractivity contribution in [1.29, 1.82) is 0 Å². The van der Waals surface area contributed by atoms with Gasteiger partial charge in [-0.2, -0.15) is 0 Å². The van der Waals surface area contributed by atoms with Gasteiger partial charge >= 0.3 is 23.9 Å². The van der Waals surface area contributed by atoms with Gasteiger partial charge in [0.15, 0.2) is 0 Å². The molecule has 0 aliphatic heterocycles. The maximum atomic E-state index is 13.5. The van der Waals surface area contributed by atoms with Gasteiger partial charge in [0.2, 0.25) is 47.3 Å². The fraction of sp³-hybridized carbons (Fsp3) is 0.667. The standard InChI is InChI=1S/C36H59N9O17/c1-14(2)26(34(59)39-16(5)28(53)40-18(7)36(61)62)44-29(54)17(6)38-32(57)21(12-25(51)52)42-31(56)20(9-11-24(49)50)41-35(60)27(15(3)4)45-33(58)22(13-46)43-30(55)19(37)8-10-23(47)48/h14-22,26-27,46H,8-13,37H2,1-7H3,(H,38,57)(H,39,59)(H,40,53)(H,41,60)(H,42,56)(H,43,55)(H,44,54)(H,45,58)(H,47,48)(H,49,50)(H,51,52)(H,61,62)/t16-,17-,18-,19-,20-,21-,22-,26-,27-/m0/s1. The Kier molecular flexibility index (Phi) is 23.9. The highest BCUT2D eigenvalue weighted by atomic mass is 16.4. The number of amides is 8. The number of carbonyl (C=O) groups is 12. The van der Waals surface area contributed by atoms with Crippen LogP contribution in [0.1, 0.15) is 80.6 Å². The number of aliphatic hydroxyl groups excluding tert-OH is 1. The van der Waals surface area contributed by atoms with E-state index in [1.165, 1.54) is 41.5 Å². The Labute approximate surface area is 355 Å². The molecule has 62 heavy (non-hydrogen) atoms. The molecule has 26 nitrogen and oxygen atoms in total. The van der Waals surface area contributed by atoms with Crippen LogP contribution >= 0.6 is 0 Å². The summed E-state index contributed by atoms with van der Waals surface area (Å²) in [6.07, 6.45) is -3.21. The highest BCUT2D eigenvalue weighted by Gasteiger charge is 2.35. The van der Waals surface area contributed by atoms with E-state index in [9.17, 15) is 72.9 Å². The summed E-state index contributed by atoms with van der Waals surface area (Å²) in [5.41, 5.74) is 5.65. The first kappa shape index (κ1) is 55.6. The molecule has 0 spiro atoms. The van der Waals surface area contributed by atoms with Gasteiger partial charge in [-0.05, 0) is 45.4 Å². The molecule has 0 fully saturated rings. The number of carboxylic acid groups (broad SMARTS) is 4. The SMILES string of the molecule is CC(C)[C@H](NC(=O)[C@H](C)NC(=O)[C@H](CC(=O)O)NC(=O)[C@H](CCC(=O)O)NC(=O)[C@@H](NC(=O)[C@H](CO)NC(=O)[C@@H](N)CCC(=O)O)C(C)C)C(=O)N[C@@H](C)C(=O)N[C@@H](C)C(=O)O. The van der Waals surface area contributed by atoms with E-state index >= 15 is 0 Å². The Bertz CT molecular complexity index is 1670. The van der Waals surface area contributed by atoms with Crippen molar-refractivity contribution < 1.29 is 83.1 Å². The van der Waals surface area contributed by atoms with E-state index < -0.39 is 170 Å². The molecule has 0 aromatic heterocycles. The first-order valence-corrected chi connectivity index (χ1v) is 19.3. The smallest absolute Gasteiger partial charge is 0.325 e. The zero-order valence-corrected chi connectivity index (χ0v) is 35.3. The van der Waals surface area contributed by atoms with Crippen LogP contribution in [0, 0.1) is 11.8 Å². The lowest BCUT2D eigenvalue weighted by Crippen LogP contribution is -2.61. The Morgan fingerprint density at radius 2 is 0.790 bits per heavy atom. The predicted octanol–water partition coefficient (Wildman–Crippen LogP) is -5.16. The molecule has 0 bridgehead atoms.